The minimum atomic E-state index is -0.226. The van der Waals surface area contributed by atoms with Crippen molar-refractivity contribution in [2.75, 3.05) is 27.2 Å². The smallest absolute Gasteiger partial charge is 0.257 e. The predicted molar refractivity (Wildman–Crippen MR) is 83.1 cm³/mol. The maximum atomic E-state index is 12.5. The molecule has 1 aromatic rings. The summed E-state index contributed by atoms with van der Waals surface area (Å²) in [5.74, 6) is -0.380. The summed E-state index contributed by atoms with van der Waals surface area (Å²) in [4.78, 5) is 27.8. The molecule has 2 amide bonds. The molecule has 21 heavy (non-hydrogen) atoms. The number of aromatic hydroxyl groups is 1. The number of phenolic OH excluding ortho intramolecular Hbond substituents is 1. The number of carbonyl (C=O) groups excluding carboxylic acids is 2. The third-order valence-electron chi connectivity index (χ3n) is 3.69. The molecule has 1 saturated heterocycles. The summed E-state index contributed by atoms with van der Waals surface area (Å²) in [5, 5.41) is 9.90. The number of carbonyl (C=O) groups is 2. The van der Waals surface area contributed by atoms with Gasteiger partial charge in [0.2, 0.25) is 5.91 Å². The topological polar surface area (TPSA) is 60.9 Å². The standard InChI is InChI=1S/C15H19BrN2O3/c1-17(2)14(20)10-4-3-7-18(9-10)15(21)12-6-5-11(16)8-13(12)19/h5-6,8,10,19H,3-4,7,9H2,1-2H3/t10-/m0/s1. The fourth-order valence-electron chi connectivity index (χ4n) is 2.58. The molecule has 1 aliphatic heterocycles. The molecule has 1 heterocycles. The monoisotopic (exact) mass is 354 g/mol. The Morgan fingerprint density at radius 3 is 2.71 bits per heavy atom. The van der Waals surface area contributed by atoms with Crippen molar-refractivity contribution in [2.45, 2.75) is 12.8 Å². The van der Waals surface area contributed by atoms with Crippen molar-refractivity contribution >= 4 is 27.7 Å². The molecule has 1 aliphatic rings. The Morgan fingerprint density at radius 1 is 1.38 bits per heavy atom. The third-order valence-corrected chi connectivity index (χ3v) is 4.18. The van der Waals surface area contributed by atoms with Crippen LogP contribution in [-0.4, -0.2) is 53.9 Å². The van der Waals surface area contributed by atoms with Crippen LogP contribution in [0.4, 0.5) is 0 Å². The second kappa shape index (κ2) is 6.47. The Balaban J connectivity index is 2.14. The quantitative estimate of drug-likeness (QED) is 0.884. The van der Waals surface area contributed by atoms with Crippen LogP contribution in [0.5, 0.6) is 5.75 Å². The van der Waals surface area contributed by atoms with Gasteiger partial charge in [-0.25, -0.2) is 0 Å². The number of rotatable bonds is 2. The molecule has 1 N–H and O–H groups in total. The molecule has 114 valence electrons. The molecule has 0 bridgehead atoms. The van der Waals surface area contributed by atoms with Crippen molar-refractivity contribution in [3.05, 3.63) is 28.2 Å². The molecule has 1 atom stereocenters. The third kappa shape index (κ3) is 3.56. The van der Waals surface area contributed by atoms with E-state index in [9.17, 15) is 14.7 Å². The molecular formula is C15H19BrN2O3. The van der Waals surface area contributed by atoms with Gasteiger partial charge in [-0.05, 0) is 31.0 Å². The lowest BCUT2D eigenvalue weighted by Crippen LogP contribution is -2.45. The van der Waals surface area contributed by atoms with Crippen molar-refractivity contribution in [1.82, 2.24) is 9.80 Å². The average molecular weight is 355 g/mol. The van der Waals surface area contributed by atoms with Crippen LogP contribution in [0.3, 0.4) is 0 Å². The second-order valence-electron chi connectivity index (χ2n) is 5.48. The fraction of sp³-hybridized carbons (Fsp3) is 0.467. The van der Waals surface area contributed by atoms with Gasteiger partial charge in [-0.3, -0.25) is 9.59 Å². The SMILES string of the molecule is CN(C)C(=O)[C@H]1CCCN(C(=O)c2ccc(Br)cc2O)C1. The Hall–Kier alpha value is -1.56. The zero-order valence-corrected chi connectivity index (χ0v) is 13.8. The van der Waals surface area contributed by atoms with Crippen molar-refractivity contribution in [3.8, 4) is 5.75 Å². The van der Waals surface area contributed by atoms with E-state index in [0.717, 1.165) is 17.3 Å². The molecule has 0 aliphatic carbocycles. The van der Waals surface area contributed by atoms with E-state index in [2.05, 4.69) is 15.9 Å². The molecule has 0 spiro atoms. The number of halogens is 1. The first-order valence-electron chi connectivity index (χ1n) is 6.89. The van der Waals surface area contributed by atoms with Gasteiger partial charge in [-0.2, -0.15) is 0 Å². The Bertz CT molecular complexity index is 560. The van der Waals surface area contributed by atoms with Crippen LogP contribution in [0.15, 0.2) is 22.7 Å². The Kier molecular flexibility index (Phi) is 4.88. The van der Waals surface area contributed by atoms with Crippen molar-refractivity contribution in [2.24, 2.45) is 5.92 Å². The minimum Gasteiger partial charge on any atom is -0.507 e. The van der Waals surface area contributed by atoms with E-state index in [1.165, 1.54) is 6.07 Å². The average Bonchev–Trinajstić information content (AvgIpc) is 2.46. The highest BCUT2D eigenvalue weighted by Gasteiger charge is 2.30. The van der Waals surface area contributed by atoms with Crippen LogP contribution in [0, 0.1) is 5.92 Å². The summed E-state index contributed by atoms with van der Waals surface area (Å²) in [6.45, 7) is 1.02. The van der Waals surface area contributed by atoms with Gasteiger partial charge in [0.1, 0.15) is 5.75 Å². The first-order valence-corrected chi connectivity index (χ1v) is 7.68. The Labute approximate surface area is 132 Å². The van der Waals surface area contributed by atoms with Crippen molar-refractivity contribution in [1.29, 1.82) is 0 Å². The molecule has 6 heteroatoms. The number of hydrogen-bond donors (Lipinski definition) is 1. The minimum absolute atomic E-state index is 0.0459. The van der Waals surface area contributed by atoms with E-state index in [4.69, 9.17) is 0 Å². The molecule has 1 fully saturated rings. The number of amides is 2. The zero-order chi connectivity index (χ0) is 15.6. The lowest BCUT2D eigenvalue weighted by atomic mass is 9.96. The van der Waals surface area contributed by atoms with Gasteiger partial charge in [-0.1, -0.05) is 15.9 Å². The lowest BCUT2D eigenvalue weighted by Gasteiger charge is -2.33. The second-order valence-corrected chi connectivity index (χ2v) is 6.40. The van der Waals surface area contributed by atoms with E-state index in [1.54, 1.807) is 36.0 Å². The molecular weight excluding hydrogens is 336 g/mol. The highest BCUT2D eigenvalue weighted by molar-refractivity contribution is 9.10. The van der Waals surface area contributed by atoms with Crippen LogP contribution in [0.25, 0.3) is 0 Å². The van der Waals surface area contributed by atoms with E-state index in [0.29, 0.717) is 13.1 Å². The molecule has 0 saturated carbocycles. The zero-order valence-electron chi connectivity index (χ0n) is 12.2. The summed E-state index contributed by atoms with van der Waals surface area (Å²) in [6, 6.07) is 4.82. The fourth-order valence-corrected chi connectivity index (χ4v) is 2.93. The van der Waals surface area contributed by atoms with Gasteiger partial charge in [0.05, 0.1) is 11.5 Å². The lowest BCUT2D eigenvalue weighted by molar-refractivity contribution is -0.134. The van der Waals surface area contributed by atoms with E-state index >= 15 is 0 Å². The van der Waals surface area contributed by atoms with Crippen LogP contribution in [0.1, 0.15) is 23.2 Å². The van der Waals surface area contributed by atoms with Gasteiger partial charge in [0.25, 0.3) is 5.91 Å². The first-order chi connectivity index (χ1) is 9.90. The molecule has 1 aromatic carbocycles. The van der Waals surface area contributed by atoms with Crippen LogP contribution in [0.2, 0.25) is 0 Å². The molecule has 0 aromatic heterocycles. The van der Waals surface area contributed by atoms with Crippen LogP contribution in [-0.2, 0) is 4.79 Å². The summed E-state index contributed by atoms with van der Waals surface area (Å²) in [6.07, 6.45) is 1.60. The summed E-state index contributed by atoms with van der Waals surface area (Å²) in [5.41, 5.74) is 0.274. The van der Waals surface area contributed by atoms with E-state index in [1.807, 2.05) is 0 Å². The summed E-state index contributed by atoms with van der Waals surface area (Å²) >= 11 is 3.25. The normalized spacial score (nSPS) is 18.4. The number of piperidine rings is 1. The van der Waals surface area contributed by atoms with Crippen molar-refractivity contribution < 1.29 is 14.7 Å². The number of benzene rings is 1. The van der Waals surface area contributed by atoms with E-state index in [-0.39, 0.29) is 29.0 Å². The van der Waals surface area contributed by atoms with E-state index < -0.39 is 0 Å². The molecule has 0 unspecified atom stereocenters. The first kappa shape index (κ1) is 15.8. The van der Waals surface area contributed by atoms with Gasteiger partial charge >= 0.3 is 0 Å². The largest absolute Gasteiger partial charge is 0.507 e. The summed E-state index contributed by atoms with van der Waals surface area (Å²) in [7, 11) is 3.45. The van der Waals surface area contributed by atoms with Gasteiger partial charge in [0, 0.05) is 31.7 Å². The highest BCUT2D eigenvalue weighted by atomic mass is 79.9. The molecule has 0 radical (unpaired) electrons. The van der Waals surface area contributed by atoms with Gasteiger partial charge < -0.3 is 14.9 Å². The number of hydrogen-bond acceptors (Lipinski definition) is 3. The predicted octanol–water partition coefficient (Wildman–Crippen LogP) is 2.10. The highest BCUT2D eigenvalue weighted by Crippen LogP contribution is 2.26. The summed E-state index contributed by atoms with van der Waals surface area (Å²) < 4.78 is 0.718. The maximum Gasteiger partial charge on any atom is 0.257 e. The Morgan fingerprint density at radius 2 is 2.10 bits per heavy atom. The van der Waals surface area contributed by atoms with Crippen molar-refractivity contribution in [3.63, 3.8) is 0 Å². The number of nitrogens with zero attached hydrogens (tertiary/aromatic N) is 2. The van der Waals surface area contributed by atoms with Crippen LogP contribution >= 0.6 is 15.9 Å². The molecule has 5 nitrogen and oxygen atoms in total. The number of phenols is 1. The van der Waals surface area contributed by atoms with Crippen LogP contribution < -0.4 is 0 Å². The van der Waals surface area contributed by atoms with Gasteiger partial charge in [0.15, 0.2) is 0 Å². The maximum absolute atomic E-state index is 12.5. The molecule has 2 rings (SSSR count). The van der Waals surface area contributed by atoms with Gasteiger partial charge in [-0.15, -0.1) is 0 Å². The number of likely N-dealkylation sites (tertiary alicyclic amines) is 1.